The SMILES string of the molecule is O=C(Nc1cc(Cl)ccc1Cl)C1CCCN(S(=O)(=O)c2ccc(Cl)cc2)C1. The molecule has 3 rings (SSSR count). The molecule has 5 nitrogen and oxygen atoms in total. The monoisotopic (exact) mass is 446 g/mol. The van der Waals surface area contributed by atoms with Gasteiger partial charge in [0.15, 0.2) is 0 Å². The molecule has 1 atom stereocenters. The second-order valence-corrected chi connectivity index (χ2v) is 9.49. The Hall–Kier alpha value is -1.31. The van der Waals surface area contributed by atoms with Gasteiger partial charge in [-0.1, -0.05) is 34.8 Å². The number of benzene rings is 2. The lowest BCUT2D eigenvalue weighted by molar-refractivity contribution is -0.120. The van der Waals surface area contributed by atoms with Crippen LogP contribution in [0.2, 0.25) is 15.1 Å². The van der Waals surface area contributed by atoms with Crippen LogP contribution in [-0.4, -0.2) is 31.7 Å². The first kappa shape index (κ1) is 20.4. The van der Waals surface area contributed by atoms with Gasteiger partial charge in [0.05, 0.1) is 21.5 Å². The summed E-state index contributed by atoms with van der Waals surface area (Å²) in [6.45, 7) is 0.474. The molecule has 0 saturated carbocycles. The molecule has 2 aromatic carbocycles. The fourth-order valence-corrected chi connectivity index (χ4v) is 4.95. The molecule has 2 aromatic rings. The number of nitrogens with zero attached hydrogens (tertiary/aromatic N) is 1. The molecule has 1 aliphatic rings. The van der Waals surface area contributed by atoms with Crippen LogP contribution in [-0.2, 0) is 14.8 Å². The Labute approximate surface area is 173 Å². The Kier molecular flexibility index (Phi) is 6.33. The van der Waals surface area contributed by atoms with Crippen LogP contribution in [0.15, 0.2) is 47.4 Å². The molecule has 27 heavy (non-hydrogen) atoms. The van der Waals surface area contributed by atoms with E-state index in [1.807, 2.05) is 0 Å². The predicted octanol–water partition coefficient (Wildman–Crippen LogP) is 4.69. The van der Waals surface area contributed by atoms with Gasteiger partial charge in [-0.05, 0) is 55.3 Å². The molecule has 1 aliphatic heterocycles. The van der Waals surface area contributed by atoms with Gasteiger partial charge in [0.25, 0.3) is 0 Å². The zero-order chi connectivity index (χ0) is 19.6. The number of carbonyl (C=O) groups is 1. The first-order chi connectivity index (χ1) is 12.8. The molecular formula is C18H17Cl3N2O3S. The fourth-order valence-electron chi connectivity index (χ4n) is 2.96. The standard InChI is InChI=1S/C18H17Cl3N2O3S/c19-13-3-6-15(7-4-13)27(25,26)23-9-1-2-12(11-23)18(24)22-17-10-14(20)5-8-16(17)21/h3-8,10,12H,1-2,9,11H2,(H,22,24). The van der Waals surface area contributed by atoms with E-state index < -0.39 is 15.9 Å². The summed E-state index contributed by atoms with van der Waals surface area (Å²) < 4.78 is 27.0. The highest BCUT2D eigenvalue weighted by molar-refractivity contribution is 7.89. The van der Waals surface area contributed by atoms with Gasteiger partial charge >= 0.3 is 0 Å². The average Bonchev–Trinajstić information content (AvgIpc) is 2.65. The molecule has 0 aliphatic carbocycles. The molecule has 9 heteroatoms. The number of amides is 1. The number of sulfonamides is 1. The molecule has 1 unspecified atom stereocenters. The Morgan fingerprint density at radius 3 is 2.41 bits per heavy atom. The van der Waals surface area contributed by atoms with Crippen molar-refractivity contribution in [1.29, 1.82) is 0 Å². The van der Waals surface area contributed by atoms with Gasteiger partial charge in [0.2, 0.25) is 15.9 Å². The lowest BCUT2D eigenvalue weighted by Crippen LogP contribution is -2.43. The highest BCUT2D eigenvalue weighted by atomic mass is 35.5. The van der Waals surface area contributed by atoms with Crippen molar-refractivity contribution in [3.63, 3.8) is 0 Å². The van der Waals surface area contributed by atoms with E-state index in [1.54, 1.807) is 18.2 Å². The molecule has 0 aromatic heterocycles. The van der Waals surface area contributed by atoms with E-state index in [2.05, 4.69) is 5.32 Å². The summed E-state index contributed by atoms with van der Waals surface area (Å²) >= 11 is 17.9. The Morgan fingerprint density at radius 2 is 1.70 bits per heavy atom. The number of piperidine rings is 1. The van der Waals surface area contributed by atoms with Crippen LogP contribution in [0.1, 0.15) is 12.8 Å². The van der Waals surface area contributed by atoms with Crippen molar-refractivity contribution in [2.75, 3.05) is 18.4 Å². The van der Waals surface area contributed by atoms with E-state index in [9.17, 15) is 13.2 Å². The summed E-state index contributed by atoms with van der Waals surface area (Å²) in [4.78, 5) is 12.8. The van der Waals surface area contributed by atoms with E-state index in [1.165, 1.54) is 28.6 Å². The zero-order valence-electron chi connectivity index (χ0n) is 14.2. The molecule has 1 saturated heterocycles. The van der Waals surface area contributed by atoms with Crippen molar-refractivity contribution in [1.82, 2.24) is 4.31 Å². The largest absolute Gasteiger partial charge is 0.324 e. The van der Waals surface area contributed by atoms with Gasteiger partial charge < -0.3 is 5.32 Å². The quantitative estimate of drug-likeness (QED) is 0.739. The van der Waals surface area contributed by atoms with Gasteiger partial charge in [-0.25, -0.2) is 8.42 Å². The molecule has 1 heterocycles. The van der Waals surface area contributed by atoms with Crippen LogP contribution >= 0.6 is 34.8 Å². The minimum absolute atomic E-state index is 0.106. The summed E-state index contributed by atoms with van der Waals surface area (Å²) in [7, 11) is -3.69. The highest BCUT2D eigenvalue weighted by Crippen LogP contribution is 2.28. The maximum Gasteiger partial charge on any atom is 0.243 e. The third kappa shape index (κ3) is 4.76. The van der Waals surface area contributed by atoms with Crippen molar-refractivity contribution >= 4 is 56.4 Å². The minimum atomic E-state index is -3.69. The molecule has 144 valence electrons. The molecule has 0 bridgehead atoms. The number of nitrogens with one attached hydrogen (secondary N) is 1. The maximum absolute atomic E-state index is 12.8. The summed E-state index contributed by atoms with van der Waals surface area (Å²) in [5, 5.41) is 4.03. The number of rotatable bonds is 4. The van der Waals surface area contributed by atoms with Crippen LogP contribution in [0.5, 0.6) is 0 Å². The Balaban J connectivity index is 1.74. The van der Waals surface area contributed by atoms with Crippen LogP contribution in [0.4, 0.5) is 5.69 Å². The third-order valence-electron chi connectivity index (χ3n) is 4.39. The number of halogens is 3. The van der Waals surface area contributed by atoms with Gasteiger partial charge in [-0.2, -0.15) is 4.31 Å². The number of carbonyl (C=O) groups excluding carboxylic acids is 1. The van der Waals surface area contributed by atoms with E-state index in [0.29, 0.717) is 40.1 Å². The third-order valence-corrected chi connectivity index (χ3v) is 7.09. The van der Waals surface area contributed by atoms with Gasteiger partial charge in [0.1, 0.15) is 0 Å². The fraction of sp³-hybridized carbons (Fsp3) is 0.278. The Bertz CT molecular complexity index is 949. The summed E-state index contributed by atoms with van der Waals surface area (Å²) in [5.41, 5.74) is 0.409. The smallest absolute Gasteiger partial charge is 0.243 e. The molecule has 1 fully saturated rings. The summed E-state index contributed by atoms with van der Waals surface area (Å²) in [6, 6.07) is 10.8. The first-order valence-electron chi connectivity index (χ1n) is 8.29. The van der Waals surface area contributed by atoms with E-state index in [-0.39, 0.29) is 17.3 Å². The lowest BCUT2D eigenvalue weighted by atomic mass is 9.99. The van der Waals surface area contributed by atoms with E-state index >= 15 is 0 Å². The molecular weight excluding hydrogens is 431 g/mol. The van der Waals surface area contributed by atoms with E-state index in [4.69, 9.17) is 34.8 Å². The predicted molar refractivity (Wildman–Crippen MR) is 108 cm³/mol. The molecule has 0 radical (unpaired) electrons. The van der Waals surface area contributed by atoms with Crippen molar-refractivity contribution in [3.05, 3.63) is 57.5 Å². The zero-order valence-corrected chi connectivity index (χ0v) is 17.2. The van der Waals surface area contributed by atoms with Crippen molar-refractivity contribution < 1.29 is 13.2 Å². The second kappa shape index (κ2) is 8.37. The molecule has 0 spiro atoms. The minimum Gasteiger partial charge on any atom is -0.324 e. The average molecular weight is 448 g/mol. The van der Waals surface area contributed by atoms with Crippen LogP contribution in [0.3, 0.4) is 0 Å². The van der Waals surface area contributed by atoms with Crippen molar-refractivity contribution in [2.24, 2.45) is 5.92 Å². The van der Waals surface area contributed by atoms with Crippen LogP contribution < -0.4 is 5.32 Å². The van der Waals surface area contributed by atoms with Gasteiger partial charge in [-0.3, -0.25) is 4.79 Å². The Morgan fingerprint density at radius 1 is 1.04 bits per heavy atom. The number of hydrogen-bond acceptors (Lipinski definition) is 3. The molecule has 1 N–H and O–H groups in total. The van der Waals surface area contributed by atoms with Crippen LogP contribution in [0.25, 0.3) is 0 Å². The van der Waals surface area contributed by atoms with Crippen molar-refractivity contribution in [3.8, 4) is 0 Å². The second-order valence-electron chi connectivity index (χ2n) is 6.27. The number of anilines is 1. The van der Waals surface area contributed by atoms with E-state index in [0.717, 1.165) is 0 Å². The van der Waals surface area contributed by atoms with Crippen LogP contribution in [0, 0.1) is 5.92 Å². The topological polar surface area (TPSA) is 66.5 Å². The highest BCUT2D eigenvalue weighted by Gasteiger charge is 2.33. The summed E-state index contributed by atoms with van der Waals surface area (Å²) in [5.74, 6) is -0.758. The lowest BCUT2D eigenvalue weighted by Gasteiger charge is -2.31. The van der Waals surface area contributed by atoms with Crippen molar-refractivity contribution in [2.45, 2.75) is 17.7 Å². The summed E-state index contributed by atoms with van der Waals surface area (Å²) in [6.07, 6.45) is 1.19. The maximum atomic E-state index is 12.8. The van der Waals surface area contributed by atoms with Gasteiger partial charge in [-0.15, -0.1) is 0 Å². The number of hydrogen-bond donors (Lipinski definition) is 1. The first-order valence-corrected chi connectivity index (χ1v) is 10.9. The van der Waals surface area contributed by atoms with Gasteiger partial charge in [0, 0.05) is 23.1 Å². The normalized spacial score (nSPS) is 18.3. The molecule has 1 amide bonds.